The summed E-state index contributed by atoms with van der Waals surface area (Å²) in [4.78, 5) is 10.6. The molecule has 1 aliphatic rings. The molecule has 1 rings (SSSR count). The van der Waals surface area contributed by atoms with Gasteiger partial charge in [0.25, 0.3) is 0 Å². The standard InChI is InChI=1S/C6H12N2O/c1-4-2-3-8-5(4)6(7)9/h4-5,8H,2-3H2,1H3,(H2,7,9)/t4-,5-/m1/s1. The lowest BCUT2D eigenvalue weighted by Crippen LogP contribution is -2.39. The van der Waals surface area contributed by atoms with Gasteiger partial charge in [-0.1, -0.05) is 6.92 Å². The van der Waals surface area contributed by atoms with Crippen molar-refractivity contribution in [2.75, 3.05) is 6.54 Å². The summed E-state index contributed by atoms with van der Waals surface area (Å²) in [5.41, 5.74) is 5.09. The van der Waals surface area contributed by atoms with E-state index in [-0.39, 0.29) is 11.9 Å². The molecule has 9 heavy (non-hydrogen) atoms. The second-order valence-corrected chi connectivity index (χ2v) is 2.60. The number of rotatable bonds is 1. The minimum absolute atomic E-state index is 0.0787. The molecule has 0 aliphatic carbocycles. The molecule has 0 unspecified atom stereocenters. The van der Waals surface area contributed by atoms with Crippen molar-refractivity contribution in [3.05, 3.63) is 0 Å². The third kappa shape index (κ3) is 1.21. The normalized spacial score (nSPS) is 34.8. The highest BCUT2D eigenvalue weighted by atomic mass is 16.1. The summed E-state index contributed by atoms with van der Waals surface area (Å²) in [6.07, 6.45) is 1.06. The smallest absolute Gasteiger partial charge is 0.234 e. The van der Waals surface area contributed by atoms with Crippen LogP contribution in [0.2, 0.25) is 0 Å². The number of primary amides is 1. The van der Waals surface area contributed by atoms with Crippen LogP contribution in [0.5, 0.6) is 0 Å². The Bertz CT molecular complexity index is 124. The van der Waals surface area contributed by atoms with E-state index in [2.05, 4.69) is 5.32 Å². The largest absolute Gasteiger partial charge is 0.368 e. The van der Waals surface area contributed by atoms with Crippen LogP contribution < -0.4 is 11.1 Å². The summed E-state index contributed by atoms with van der Waals surface area (Å²) < 4.78 is 0. The van der Waals surface area contributed by atoms with E-state index in [0.717, 1.165) is 13.0 Å². The molecule has 1 aliphatic heterocycles. The molecule has 1 fully saturated rings. The Morgan fingerprint density at radius 2 is 2.44 bits per heavy atom. The highest BCUT2D eigenvalue weighted by Gasteiger charge is 2.26. The Morgan fingerprint density at radius 1 is 1.78 bits per heavy atom. The van der Waals surface area contributed by atoms with Gasteiger partial charge in [-0.25, -0.2) is 0 Å². The van der Waals surface area contributed by atoms with Gasteiger partial charge >= 0.3 is 0 Å². The Balaban J connectivity index is 2.49. The number of amides is 1. The van der Waals surface area contributed by atoms with E-state index in [1.807, 2.05) is 6.92 Å². The van der Waals surface area contributed by atoms with Gasteiger partial charge in [0.2, 0.25) is 5.91 Å². The molecule has 3 heteroatoms. The van der Waals surface area contributed by atoms with Crippen molar-refractivity contribution < 1.29 is 4.79 Å². The SMILES string of the molecule is C[C@@H]1CCN[C@H]1C(N)=O. The molecule has 1 amide bonds. The number of nitrogens with one attached hydrogen (secondary N) is 1. The first kappa shape index (κ1) is 6.55. The monoisotopic (exact) mass is 128 g/mol. The quantitative estimate of drug-likeness (QED) is 0.498. The highest BCUT2D eigenvalue weighted by Crippen LogP contribution is 2.12. The van der Waals surface area contributed by atoms with Gasteiger partial charge in [-0.2, -0.15) is 0 Å². The molecule has 52 valence electrons. The van der Waals surface area contributed by atoms with E-state index in [4.69, 9.17) is 5.73 Å². The zero-order valence-corrected chi connectivity index (χ0v) is 5.55. The van der Waals surface area contributed by atoms with Crippen molar-refractivity contribution in [2.45, 2.75) is 19.4 Å². The van der Waals surface area contributed by atoms with Crippen LogP contribution in [0.15, 0.2) is 0 Å². The third-order valence-electron chi connectivity index (χ3n) is 1.84. The van der Waals surface area contributed by atoms with Crippen LogP contribution in [0.3, 0.4) is 0 Å². The predicted octanol–water partition coefficient (Wildman–Crippen LogP) is -0.530. The van der Waals surface area contributed by atoms with Crippen LogP contribution in [0, 0.1) is 5.92 Å². The Kier molecular flexibility index (Phi) is 1.71. The number of carbonyl (C=O) groups excluding carboxylic acids is 1. The number of nitrogens with two attached hydrogens (primary N) is 1. The maximum absolute atomic E-state index is 10.6. The fraction of sp³-hybridized carbons (Fsp3) is 0.833. The average Bonchev–Trinajstić information content (AvgIpc) is 2.13. The fourth-order valence-electron chi connectivity index (χ4n) is 1.22. The second kappa shape index (κ2) is 2.35. The summed E-state index contributed by atoms with van der Waals surface area (Å²) >= 11 is 0. The van der Waals surface area contributed by atoms with Crippen molar-refractivity contribution in [3.8, 4) is 0 Å². The molecule has 0 aromatic rings. The van der Waals surface area contributed by atoms with Gasteiger partial charge in [-0.3, -0.25) is 4.79 Å². The molecule has 0 aromatic heterocycles. The van der Waals surface area contributed by atoms with Gasteiger partial charge in [0.05, 0.1) is 6.04 Å². The van der Waals surface area contributed by atoms with Gasteiger partial charge in [0.15, 0.2) is 0 Å². The first-order valence-corrected chi connectivity index (χ1v) is 3.24. The van der Waals surface area contributed by atoms with E-state index in [0.29, 0.717) is 5.92 Å². The maximum Gasteiger partial charge on any atom is 0.234 e. The molecule has 0 saturated carbocycles. The number of hydrogen-bond donors (Lipinski definition) is 2. The van der Waals surface area contributed by atoms with Crippen molar-refractivity contribution in [3.63, 3.8) is 0 Å². The molecular formula is C6H12N2O. The number of carbonyl (C=O) groups is 1. The summed E-state index contributed by atoms with van der Waals surface area (Å²) in [7, 11) is 0. The Labute approximate surface area is 54.6 Å². The van der Waals surface area contributed by atoms with Gasteiger partial charge in [-0.15, -0.1) is 0 Å². The van der Waals surface area contributed by atoms with Crippen LogP contribution in [-0.2, 0) is 4.79 Å². The average molecular weight is 128 g/mol. The van der Waals surface area contributed by atoms with E-state index in [1.165, 1.54) is 0 Å². The lowest BCUT2D eigenvalue weighted by molar-refractivity contribution is -0.120. The van der Waals surface area contributed by atoms with E-state index in [1.54, 1.807) is 0 Å². The van der Waals surface area contributed by atoms with Gasteiger partial charge < -0.3 is 11.1 Å². The highest BCUT2D eigenvalue weighted by molar-refractivity contribution is 5.80. The molecule has 0 aromatic carbocycles. The summed E-state index contributed by atoms with van der Waals surface area (Å²) in [6, 6.07) is -0.0787. The Morgan fingerprint density at radius 3 is 2.67 bits per heavy atom. The van der Waals surface area contributed by atoms with Crippen LogP contribution in [-0.4, -0.2) is 18.5 Å². The molecule has 1 heterocycles. The van der Waals surface area contributed by atoms with Crippen molar-refractivity contribution >= 4 is 5.91 Å². The van der Waals surface area contributed by atoms with Crippen LogP contribution in [0.4, 0.5) is 0 Å². The molecule has 3 nitrogen and oxygen atoms in total. The summed E-state index contributed by atoms with van der Waals surface area (Å²) in [5, 5.41) is 3.03. The van der Waals surface area contributed by atoms with Crippen LogP contribution in [0.25, 0.3) is 0 Å². The molecule has 2 atom stereocenters. The van der Waals surface area contributed by atoms with Crippen molar-refractivity contribution in [1.82, 2.24) is 5.32 Å². The molecule has 0 spiro atoms. The zero-order chi connectivity index (χ0) is 6.85. The van der Waals surface area contributed by atoms with E-state index >= 15 is 0 Å². The third-order valence-corrected chi connectivity index (χ3v) is 1.84. The van der Waals surface area contributed by atoms with Gasteiger partial charge in [0, 0.05) is 0 Å². The molecule has 3 N–H and O–H groups in total. The van der Waals surface area contributed by atoms with Gasteiger partial charge in [0.1, 0.15) is 0 Å². The predicted molar refractivity (Wildman–Crippen MR) is 34.8 cm³/mol. The Hall–Kier alpha value is -0.570. The van der Waals surface area contributed by atoms with Gasteiger partial charge in [-0.05, 0) is 18.9 Å². The van der Waals surface area contributed by atoms with E-state index < -0.39 is 0 Å². The topological polar surface area (TPSA) is 55.1 Å². The summed E-state index contributed by atoms with van der Waals surface area (Å²) in [6.45, 7) is 2.96. The molecule has 0 bridgehead atoms. The van der Waals surface area contributed by atoms with Crippen molar-refractivity contribution in [1.29, 1.82) is 0 Å². The summed E-state index contributed by atoms with van der Waals surface area (Å²) in [5.74, 6) is 0.197. The molecule has 0 radical (unpaired) electrons. The lowest BCUT2D eigenvalue weighted by Gasteiger charge is -2.09. The maximum atomic E-state index is 10.6. The number of hydrogen-bond acceptors (Lipinski definition) is 2. The van der Waals surface area contributed by atoms with Crippen LogP contribution >= 0.6 is 0 Å². The van der Waals surface area contributed by atoms with Crippen LogP contribution in [0.1, 0.15) is 13.3 Å². The van der Waals surface area contributed by atoms with Crippen molar-refractivity contribution in [2.24, 2.45) is 11.7 Å². The fourth-order valence-corrected chi connectivity index (χ4v) is 1.22. The first-order valence-electron chi connectivity index (χ1n) is 3.24. The second-order valence-electron chi connectivity index (χ2n) is 2.60. The zero-order valence-electron chi connectivity index (χ0n) is 5.55. The minimum Gasteiger partial charge on any atom is -0.368 e. The minimum atomic E-state index is -0.222. The lowest BCUT2D eigenvalue weighted by atomic mass is 10.0. The first-order chi connectivity index (χ1) is 4.22. The molecular weight excluding hydrogens is 116 g/mol. The van der Waals surface area contributed by atoms with E-state index in [9.17, 15) is 4.79 Å². The molecule has 1 saturated heterocycles.